The lowest BCUT2D eigenvalue weighted by atomic mass is 11.9. The molecule has 0 saturated carbocycles. The average Bonchev–Trinajstić information content (AvgIpc) is 1.41. The topological polar surface area (TPSA) is 0 Å². The zero-order valence-corrected chi connectivity index (χ0v) is 9.91. The van der Waals surface area contributed by atoms with Crippen molar-refractivity contribution in [3.63, 3.8) is 0 Å². The summed E-state index contributed by atoms with van der Waals surface area (Å²) in [6.45, 7) is 0. The van der Waals surface area contributed by atoms with Crippen LogP contribution in [0.1, 0.15) is 0 Å². The molecular weight excluding hydrogens is 176 g/mol. The smallest absolute Gasteiger partial charge is 0.0176 e. The first kappa shape index (κ1) is 6.13. The summed E-state index contributed by atoms with van der Waals surface area (Å²) in [6, 6.07) is 0. The number of rotatable bonds is 2. The highest BCUT2D eigenvalue weighted by Gasteiger charge is 1.73. The molecule has 4 heteroatoms. The fraction of sp³-hybridized carbons (Fsp3) is 1.00. The monoisotopic (exact) mass is 184 g/mol. The predicted molar refractivity (Wildman–Crippen MR) is 40.8 cm³/mol. The third-order valence-electron chi connectivity index (χ3n) is 0.487. The van der Waals surface area contributed by atoms with Gasteiger partial charge in [0.05, 0.1) is 0 Å². The molecule has 0 aromatic rings. The van der Waals surface area contributed by atoms with Crippen LogP contribution in [0, 0.1) is 0 Å². The van der Waals surface area contributed by atoms with Crippen LogP contribution in [-0.4, -0.2) is 32.3 Å². The van der Waals surface area contributed by atoms with Crippen LogP contribution in [0.2, 0.25) is 0 Å². The fourth-order valence-electron chi connectivity index (χ4n) is 0.134. The zero-order chi connectivity index (χ0) is 4.12. The van der Waals surface area contributed by atoms with Gasteiger partial charge < -0.3 is 0 Å². The van der Waals surface area contributed by atoms with Crippen molar-refractivity contribution in [2.75, 3.05) is 4.95 Å². The highest BCUT2D eigenvalue weighted by atomic mass is 79.9. The highest BCUT2D eigenvalue weighted by molar-refractivity contribution is 9.09. The van der Waals surface area contributed by atoms with Gasteiger partial charge in [0.15, 0.2) is 0 Å². The predicted octanol–water partition coefficient (Wildman–Crippen LogP) is -2.13. The minimum atomic E-state index is 0.549. The van der Waals surface area contributed by atoms with Gasteiger partial charge in [-0.3, -0.25) is 0 Å². The molecule has 0 atom stereocenters. The molecule has 0 radical (unpaired) electrons. The van der Waals surface area contributed by atoms with Crippen molar-refractivity contribution in [1.82, 2.24) is 0 Å². The molecule has 0 bridgehead atoms. The second kappa shape index (κ2) is 5.13. The largest absolute Gasteiger partial charge is 0.0972 e. The minimum Gasteiger partial charge on any atom is -0.0972 e. The van der Waals surface area contributed by atoms with Crippen LogP contribution in [0.25, 0.3) is 0 Å². The lowest BCUT2D eigenvalue weighted by molar-refractivity contribution is 2.29. The van der Waals surface area contributed by atoms with E-state index in [9.17, 15) is 0 Å². The Kier molecular flexibility index (Phi) is 6.29. The van der Waals surface area contributed by atoms with E-state index in [1.807, 2.05) is 0 Å². The highest BCUT2D eigenvalue weighted by Crippen LogP contribution is 1.69. The molecule has 0 aromatic carbocycles. The molecule has 0 aromatic heterocycles. The van der Waals surface area contributed by atoms with E-state index in [1.165, 1.54) is 4.95 Å². The van der Waals surface area contributed by atoms with Gasteiger partial charge in [0, 0.05) is 9.04 Å². The van der Waals surface area contributed by atoms with Crippen LogP contribution in [0.4, 0.5) is 0 Å². The maximum absolute atomic E-state index is 3.43. The lowest BCUT2D eigenvalue weighted by Crippen LogP contribution is -2.02. The Bertz CT molecular complexity index is 14.4. The van der Waals surface area contributed by atoms with E-state index in [1.54, 1.807) is 9.76 Å². The molecule has 0 aliphatic rings. The molecule has 0 spiro atoms. The SMILES string of the molecule is [SiH3][SiH2][SiH2]CBr. The van der Waals surface area contributed by atoms with Crippen molar-refractivity contribution < 1.29 is 0 Å². The Morgan fingerprint density at radius 1 is 1.80 bits per heavy atom. The van der Waals surface area contributed by atoms with Crippen molar-refractivity contribution >= 4 is 43.3 Å². The Hall–Kier alpha value is 1.13. The third-order valence-corrected chi connectivity index (χ3v) is 15.8. The van der Waals surface area contributed by atoms with Crippen LogP contribution in [-0.2, 0) is 0 Å². The van der Waals surface area contributed by atoms with Gasteiger partial charge in [-0.25, -0.2) is 0 Å². The Labute approximate surface area is 48.5 Å². The molecule has 0 unspecified atom stereocenters. The van der Waals surface area contributed by atoms with Crippen molar-refractivity contribution in [2.45, 2.75) is 0 Å². The van der Waals surface area contributed by atoms with E-state index >= 15 is 0 Å². The summed E-state index contributed by atoms with van der Waals surface area (Å²) in [5.74, 6) is 0. The van der Waals surface area contributed by atoms with Crippen molar-refractivity contribution in [2.24, 2.45) is 0 Å². The maximum Gasteiger partial charge on any atom is 0.0176 e. The van der Waals surface area contributed by atoms with Crippen molar-refractivity contribution in [1.29, 1.82) is 0 Å². The molecule has 0 amide bonds. The van der Waals surface area contributed by atoms with Gasteiger partial charge >= 0.3 is 0 Å². The zero-order valence-electron chi connectivity index (χ0n) is 3.50. The summed E-state index contributed by atoms with van der Waals surface area (Å²) in [5, 5.41) is 0. The number of alkyl halides is 1. The van der Waals surface area contributed by atoms with Crippen LogP contribution in [0.15, 0.2) is 0 Å². The molecule has 0 saturated heterocycles. The van der Waals surface area contributed by atoms with Gasteiger partial charge in [-0.2, -0.15) is 0 Å². The Balaban J connectivity index is 2.19. The first-order valence-electron chi connectivity index (χ1n) is 1.97. The summed E-state index contributed by atoms with van der Waals surface area (Å²) in [7, 11) is 2.76. The molecule has 0 rings (SSSR count). The van der Waals surface area contributed by atoms with Gasteiger partial charge in [-0.1, -0.05) is 15.9 Å². The standard InChI is InChI=1S/CH9BrSi3/c2-1-4-5-3/h1,4-5H2,3H3. The van der Waals surface area contributed by atoms with Crippen molar-refractivity contribution in [3.05, 3.63) is 0 Å². The molecule has 5 heavy (non-hydrogen) atoms. The molecule has 0 nitrogen and oxygen atoms in total. The molecule has 32 valence electrons. The van der Waals surface area contributed by atoms with Crippen LogP contribution < -0.4 is 0 Å². The van der Waals surface area contributed by atoms with E-state index in [0.717, 1.165) is 0 Å². The summed E-state index contributed by atoms with van der Waals surface area (Å²) in [4.78, 5) is 1.39. The van der Waals surface area contributed by atoms with Gasteiger partial charge in [0.2, 0.25) is 0 Å². The number of halogens is 1. The lowest BCUT2D eigenvalue weighted by Gasteiger charge is -1.74. The molecule has 0 N–H and O–H groups in total. The second-order valence-corrected chi connectivity index (χ2v) is 19.6. The average molecular weight is 185 g/mol. The molecule has 0 fully saturated rings. The van der Waals surface area contributed by atoms with Gasteiger partial charge in [0.1, 0.15) is 0 Å². The van der Waals surface area contributed by atoms with Crippen LogP contribution in [0.3, 0.4) is 0 Å². The summed E-state index contributed by atoms with van der Waals surface area (Å²) < 4.78 is 0. The van der Waals surface area contributed by atoms with Gasteiger partial charge in [-0.15, -0.1) is 0 Å². The minimum absolute atomic E-state index is 0.549. The molecule has 0 aliphatic carbocycles. The summed E-state index contributed by atoms with van der Waals surface area (Å²) in [5.41, 5.74) is 0. The first-order chi connectivity index (χ1) is 2.41. The van der Waals surface area contributed by atoms with Crippen molar-refractivity contribution in [3.8, 4) is 0 Å². The normalized spacial score (nSPS) is 13.8. The Morgan fingerprint density at radius 2 is 2.40 bits per heavy atom. The molecule has 0 aliphatic heterocycles. The molecule has 0 heterocycles. The first-order valence-corrected chi connectivity index (χ1v) is 13.8. The van der Waals surface area contributed by atoms with E-state index in [2.05, 4.69) is 15.9 Å². The fourth-order valence-corrected chi connectivity index (χ4v) is 18.7. The summed E-state index contributed by atoms with van der Waals surface area (Å²) in [6.07, 6.45) is 0. The van der Waals surface area contributed by atoms with E-state index in [0.29, 0.717) is 17.6 Å². The number of hydrogen-bond donors (Lipinski definition) is 0. The number of hydrogen-bond acceptors (Lipinski definition) is 0. The van der Waals surface area contributed by atoms with Crippen LogP contribution in [0.5, 0.6) is 0 Å². The van der Waals surface area contributed by atoms with E-state index in [4.69, 9.17) is 0 Å². The van der Waals surface area contributed by atoms with Gasteiger partial charge in [-0.05, 0) is 23.3 Å². The molecular formula is CH9BrSi3. The van der Waals surface area contributed by atoms with E-state index in [-0.39, 0.29) is 0 Å². The maximum atomic E-state index is 3.43. The van der Waals surface area contributed by atoms with E-state index < -0.39 is 0 Å². The van der Waals surface area contributed by atoms with Crippen LogP contribution >= 0.6 is 15.9 Å². The third kappa shape index (κ3) is 5.13. The second-order valence-electron chi connectivity index (χ2n) is 1.04. The quantitative estimate of drug-likeness (QED) is 0.341. The summed E-state index contributed by atoms with van der Waals surface area (Å²) >= 11 is 3.43. The van der Waals surface area contributed by atoms with Gasteiger partial charge in [0.25, 0.3) is 0 Å². The Morgan fingerprint density at radius 3 is 2.40 bits per heavy atom.